The van der Waals surface area contributed by atoms with Crippen LogP contribution in [0.4, 0.5) is 0 Å². The van der Waals surface area contributed by atoms with Gasteiger partial charge in [0.05, 0.1) is 0 Å². The Kier molecular flexibility index (Phi) is 7.54. The Morgan fingerprint density at radius 2 is 1.94 bits per heavy atom. The normalized spacial score (nSPS) is 16.0. The minimum absolute atomic E-state index is 0.0663. The van der Waals surface area contributed by atoms with E-state index in [2.05, 4.69) is 5.32 Å². The Morgan fingerprint density at radius 3 is 2.35 bits per heavy atom. The van der Waals surface area contributed by atoms with E-state index in [0.29, 0.717) is 19.4 Å². The molecule has 3 atom stereocenters. The molecule has 0 aromatic heterocycles. The van der Waals surface area contributed by atoms with Gasteiger partial charge in [0.2, 0.25) is 5.91 Å². The summed E-state index contributed by atoms with van der Waals surface area (Å²) in [6.45, 7) is 6.24. The molecule has 5 heteroatoms. The molecule has 1 amide bonds. The van der Waals surface area contributed by atoms with Gasteiger partial charge in [-0.25, -0.2) is 4.79 Å². The second-order valence-corrected chi connectivity index (χ2v) is 4.65. The number of carbonyl (C=O) groups is 2. The van der Waals surface area contributed by atoms with Gasteiger partial charge in [-0.15, -0.1) is 0 Å². The lowest BCUT2D eigenvalue weighted by Crippen LogP contribution is -2.45. The molecular weight excluding hydrogens is 220 g/mol. The summed E-state index contributed by atoms with van der Waals surface area (Å²) in [4.78, 5) is 22.6. The van der Waals surface area contributed by atoms with Gasteiger partial charge in [-0.1, -0.05) is 27.2 Å². The topological polar surface area (TPSA) is 92.4 Å². The van der Waals surface area contributed by atoms with Gasteiger partial charge in [-0.2, -0.15) is 0 Å². The molecule has 0 aromatic rings. The van der Waals surface area contributed by atoms with E-state index in [9.17, 15) is 9.59 Å². The molecule has 4 N–H and O–H groups in total. The Bertz CT molecular complexity index is 256. The first kappa shape index (κ1) is 15.9. The van der Waals surface area contributed by atoms with Crippen LogP contribution in [-0.2, 0) is 9.59 Å². The number of carboxylic acid groups (broad SMARTS) is 1. The van der Waals surface area contributed by atoms with E-state index in [1.54, 1.807) is 0 Å². The van der Waals surface area contributed by atoms with Crippen LogP contribution in [-0.4, -0.2) is 29.6 Å². The summed E-state index contributed by atoms with van der Waals surface area (Å²) in [5.41, 5.74) is 5.45. The molecular formula is C12H24N2O3. The molecule has 5 nitrogen and oxygen atoms in total. The maximum absolute atomic E-state index is 11.6. The number of hydrogen-bond acceptors (Lipinski definition) is 3. The molecule has 0 rings (SSSR count). The molecule has 0 saturated carbocycles. The van der Waals surface area contributed by atoms with Gasteiger partial charge < -0.3 is 16.2 Å². The molecule has 0 fully saturated rings. The Balaban J connectivity index is 4.18. The van der Waals surface area contributed by atoms with Crippen molar-refractivity contribution in [2.75, 3.05) is 6.54 Å². The molecule has 0 heterocycles. The molecule has 0 bridgehead atoms. The second-order valence-electron chi connectivity index (χ2n) is 4.65. The van der Waals surface area contributed by atoms with Crippen molar-refractivity contribution in [1.29, 1.82) is 0 Å². The molecule has 100 valence electrons. The average Bonchev–Trinajstić information content (AvgIpc) is 2.31. The number of aliphatic carboxylic acids is 1. The summed E-state index contributed by atoms with van der Waals surface area (Å²) >= 11 is 0. The fraction of sp³-hybridized carbons (Fsp3) is 0.833. The minimum atomic E-state index is -0.973. The van der Waals surface area contributed by atoms with Gasteiger partial charge in [0, 0.05) is 6.42 Å². The number of nitrogens with two attached hydrogens (primary N) is 1. The van der Waals surface area contributed by atoms with E-state index >= 15 is 0 Å². The molecule has 0 aliphatic heterocycles. The van der Waals surface area contributed by atoms with Crippen LogP contribution in [0.3, 0.4) is 0 Å². The molecule has 0 radical (unpaired) electrons. The Morgan fingerprint density at radius 1 is 1.35 bits per heavy atom. The fourth-order valence-electron chi connectivity index (χ4n) is 1.42. The van der Waals surface area contributed by atoms with Gasteiger partial charge in [0.15, 0.2) is 0 Å². The highest BCUT2D eigenvalue weighted by Gasteiger charge is 2.24. The third-order valence-corrected chi connectivity index (χ3v) is 3.06. The van der Waals surface area contributed by atoms with Gasteiger partial charge in [-0.3, -0.25) is 4.79 Å². The van der Waals surface area contributed by atoms with Gasteiger partial charge in [0.1, 0.15) is 6.04 Å². The van der Waals surface area contributed by atoms with E-state index in [0.717, 1.165) is 6.42 Å². The SMILES string of the molecule is CCC(C)C(NC(=O)CCC(C)CN)C(=O)O. The maximum atomic E-state index is 11.6. The first-order valence-electron chi connectivity index (χ1n) is 6.14. The van der Waals surface area contributed by atoms with Crippen molar-refractivity contribution < 1.29 is 14.7 Å². The zero-order chi connectivity index (χ0) is 13.4. The summed E-state index contributed by atoms with van der Waals surface area (Å²) in [5.74, 6) is -0.964. The second kappa shape index (κ2) is 8.06. The van der Waals surface area contributed by atoms with Crippen LogP contribution in [0.5, 0.6) is 0 Å². The van der Waals surface area contributed by atoms with Crippen molar-refractivity contribution in [3.8, 4) is 0 Å². The van der Waals surface area contributed by atoms with Crippen molar-refractivity contribution in [3.05, 3.63) is 0 Å². The minimum Gasteiger partial charge on any atom is -0.480 e. The van der Waals surface area contributed by atoms with E-state index in [1.165, 1.54) is 0 Å². The van der Waals surface area contributed by atoms with Crippen LogP contribution < -0.4 is 11.1 Å². The Hall–Kier alpha value is -1.10. The van der Waals surface area contributed by atoms with E-state index in [1.807, 2.05) is 20.8 Å². The van der Waals surface area contributed by atoms with Crippen LogP contribution in [0.1, 0.15) is 40.0 Å². The zero-order valence-electron chi connectivity index (χ0n) is 10.9. The molecule has 0 aliphatic carbocycles. The van der Waals surface area contributed by atoms with Gasteiger partial charge in [0.25, 0.3) is 0 Å². The third-order valence-electron chi connectivity index (χ3n) is 3.06. The number of hydrogen-bond donors (Lipinski definition) is 3. The van der Waals surface area contributed by atoms with Crippen molar-refractivity contribution in [2.24, 2.45) is 17.6 Å². The number of rotatable bonds is 8. The van der Waals surface area contributed by atoms with Crippen molar-refractivity contribution in [2.45, 2.75) is 46.1 Å². The fourth-order valence-corrected chi connectivity index (χ4v) is 1.42. The molecule has 17 heavy (non-hydrogen) atoms. The van der Waals surface area contributed by atoms with Gasteiger partial charge >= 0.3 is 5.97 Å². The summed E-state index contributed by atoms with van der Waals surface area (Å²) in [6, 6.07) is -0.791. The monoisotopic (exact) mass is 244 g/mol. The van der Waals surface area contributed by atoms with Crippen molar-refractivity contribution in [3.63, 3.8) is 0 Å². The first-order chi connectivity index (χ1) is 7.92. The lowest BCUT2D eigenvalue weighted by molar-refractivity contribution is -0.143. The smallest absolute Gasteiger partial charge is 0.326 e. The lowest BCUT2D eigenvalue weighted by atomic mass is 9.98. The predicted molar refractivity (Wildman–Crippen MR) is 66.5 cm³/mol. The van der Waals surface area contributed by atoms with Crippen LogP contribution in [0.2, 0.25) is 0 Å². The third kappa shape index (κ3) is 6.26. The number of nitrogens with one attached hydrogen (secondary N) is 1. The molecule has 0 aromatic carbocycles. The number of amides is 1. The predicted octanol–water partition coefficient (Wildman–Crippen LogP) is 0.977. The molecule has 0 saturated heterocycles. The maximum Gasteiger partial charge on any atom is 0.326 e. The molecule has 0 aliphatic rings. The number of carboxylic acids is 1. The Labute approximate surface area is 103 Å². The molecule has 0 spiro atoms. The summed E-state index contributed by atoms with van der Waals surface area (Å²) < 4.78 is 0. The van der Waals surface area contributed by atoms with Crippen LogP contribution >= 0.6 is 0 Å². The quantitative estimate of drug-likeness (QED) is 0.593. The molecule has 3 unspecified atom stereocenters. The standard InChI is InChI=1S/C12H24N2O3/c1-4-9(3)11(12(16)17)14-10(15)6-5-8(2)7-13/h8-9,11H,4-7,13H2,1-3H3,(H,14,15)(H,16,17). The van der Waals surface area contributed by atoms with Crippen molar-refractivity contribution >= 4 is 11.9 Å². The lowest BCUT2D eigenvalue weighted by Gasteiger charge is -2.20. The van der Waals surface area contributed by atoms with Crippen LogP contribution in [0.15, 0.2) is 0 Å². The van der Waals surface area contributed by atoms with Crippen LogP contribution in [0.25, 0.3) is 0 Å². The van der Waals surface area contributed by atoms with Gasteiger partial charge in [-0.05, 0) is 24.8 Å². The average molecular weight is 244 g/mol. The summed E-state index contributed by atoms with van der Waals surface area (Å²) in [6.07, 6.45) is 1.74. The summed E-state index contributed by atoms with van der Waals surface area (Å²) in [5, 5.41) is 11.6. The highest BCUT2D eigenvalue weighted by molar-refractivity contribution is 5.83. The summed E-state index contributed by atoms with van der Waals surface area (Å²) in [7, 11) is 0. The van der Waals surface area contributed by atoms with E-state index < -0.39 is 12.0 Å². The number of carbonyl (C=O) groups excluding carboxylic acids is 1. The highest BCUT2D eigenvalue weighted by atomic mass is 16.4. The highest BCUT2D eigenvalue weighted by Crippen LogP contribution is 2.09. The largest absolute Gasteiger partial charge is 0.480 e. The van der Waals surface area contributed by atoms with Crippen molar-refractivity contribution in [1.82, 2.24) is 5.32 Å². The first-order valence-corrected chi connectivity index (χ1v) is 6.14. The zero-order valence-corrected chi connectivity index (χ0v) is 10.9. The van der Waals surface area contributed by atoms with E-state index in [-0.39, 0.29) is 17.7 Å². The van der Waals surface area contributed by atoms with E-state index in [4.69, 9.17) is 10.8 Å². The van der Waals surface area contributed by atoms with Crippen LogP contribution in [0, 0.1) is 11.8 Å².